The molecule has 166 valence electrons. The van der Waals surface area contributed by atoms with E-state index in [1.807, 2.05) is 23.9 Å². The van der Waals surface area contributed by atoms with E-state index in [1.165, 1.54) is 6.20 Å². The van der Waals surface area contributed by atoms with Crippen LogP contribution in [0, 0.1) is 16.0 Å². The van der Waals surface area contributed by atoms with Gasteiger partial charge in [0.25, 0.3) is 0 Å². The number of hydrogen-bond donors (Lipinski definition) is 2. The van der Waals surface area contributed by atoms with Gasteiger partial charge in [0.05, 0.1) is 11.5 Å². The Kier molecular flexibility index (Phi) is 7.59. The first-order valence-electron chi connectivity index (χ1n) is 10.0. The van der Waals surface area contributed by atoms with E-state index in [1.54, 1.807) is 24.3 Å². The van der Waals surface area contributed by atoms with E-state index >= 15 is 0 Å². The number of nitrogens with one attached hydrogen (secondary N) is 2. The summed E-state index contributed by atoms with van der Waals surface area (Å²) < 4.78 is 0. The van der Waals surface area contributed by atoms with Crippen molar-refractivity contribution in [2.24, 2.45) is 5.92 Å². The molecule has 0 bridgehead atoms. The maximum atomic E-state index is 12.2. The molecular formula is C20H26ClN7O3. The Morgan fingerprint density at radius 2 is 1.97 bits per heavy atom. The van der Waals surface area contributed by atoms with Gasteiger partial charge in [-0.3, -0.25) is 14.9 Å². The third-order valence-electron chi connectivity index (χ3n) is 5.04. The molecule has 31 heavy (non-hydrogen) atoms. The van der Waals surface area contributed by atoms with Crippen LogP contribution in [0.15, 0.2) is 30.5 Å². The average Bonchev–Trinajstić information content (AvgIpc) is 2.73. The summed E-state index contributed by atoms with van der Waals surface area (Å²) in [7, 11) is 3.75. The maximum absolute atomic E-state index is 12.2. The first-order valence-corrected chi connectivity index (χ1v) is 10.4. The van der Waals surface area contributed by atoms with Crippen LogP contribution in [0.2, 0.25) is 5.02 Å². The Balaban J connectivity index is 1.60. The van der Waals surface area contributed by atoms with Gasteiger partial charge in [-0.1, -0.05) is 11.6 Å². The van der Waals surface area contributed by atoms with Crippen LogP contribution in [0.3, 0.4) is 0 Å². The number of carbonyl (C=O) groups excluding carboxylic acids is 1. The topological polar surface area (TPSA) is 117 Å². The molecule has 1 fully saturated rings. The molecule has 1 aliphatic heterocycles. The highest BCUT2D eigenvalue weighted by atomic mass is 35.5. The van der Waals surface area contributed by atoms with Gasteiger partial charge in [0.1, 0.15) is 6.20 Å². The number of benzene rings is 1. The van der Waals surface area contributed by atoms with E-state index in [4.69, 9.17) is 11.6 Å². The normalized spacial score (nSPS) is 14.5. The van der Waals surface area contributed by atoms with Gasteiger partial charge in [-0.15, -0.1) is 0 Å². The number of anilines is 3. The maximum Gasteiger partial charge on any atom is 0.329 e. The van der Waals surface area contributed by atoms with Crippen LogP contribution in [-0.4, -0.2) is 70.9 Å². The van der Waals surface area contributed by atoms with Gasteiger partial charge in [-0.25, -0.2) is 4.98 Å². The minimum absolute atomic E-state index is 0.126. The Hall–Kier alpha value is -2.98. The van der Waals surface area contributed by atoms with Crippen molar-refractivity contribution in [3.8, 4) is 0 Å². The first-order chi connectivity index (χ1) is 14.8. The smallest absolute Gasteiger partial charge is 0.329 e. The zero-order chi connectivity index (χ0) is 22.4. The Labute approximate surface area is 185 Å². The number of halogens is 1. The molecule has 0 aliphatic carbocycles. The molecule has 1 aromatic heterocycles. The van der Waals surface area contributed by atoms with Crippen molar-refractivity contribution in [3.63, 3.8) is 0 Å². The highest BCUT2D eigenvalue weighted by Crippen LogP contribution is 2.25. The molecule has 2 aromatic rings. The molecule has 0 spiro atoms. The monoisotopic (exact) mass is 447 g/mol. The third-order valence-corrected chi connectivity index (χ3v) is 5.30. The lowest BCUT2D eigenvalue weighted by Gasteiger charge is -2.32. The van der Waals surface area contributed by atoms with E-state index in [0.29, 0.717) is 37.1 Å². The number of likely N-dealkylation sites (tertiary alicyclic amines) is 1. The molecule has 0 saturated carbocycles. The molecule has 1 saturated heterocycles. The fraction of sp³-hybridized carbons (Fsp3) is 0.450. The van der Waals surface area contributed by atoms with Crippen molar-refractivity contribution in [1.29, 1.82) is 0 Å². The zero-order valence-electron chi connectivity index (χ0n) is 17.5. The molecule has 1 aliphatic rings. The second-order valence-electron chi connectivity index (χ2n) is 7.76. The number of piperidine rings is 1. The van der Waals surface area contributed by atoms with Gasteiger partial charge >= 0.3 is 5.69 Å². The fourth-order valence-corrected chi connectivity index (χ4v) is 3.49. The first kappa shape index (κ1) is 22.7. The Morgan fingerprint density at radius 1 is 1.29 bits per heavy atom. The molecule has 10 nitrogen and oxygen atoms in total. The minimum Gasteiger partial charge on any atom is -0.364 e. The number of amides is 1. The molecule has 2 heterocycles. The summed E-state index contributed by atoms with van der Waals surface area (Å²) >= 11 is 5.89. The summed E-state index contributed by atoms with van der Waals surface area (Å²) in [5.41, 5.74) is 0.541. The number of carbonyl (C=O) groups is 1. The van der Waals surface area contributed by atoms with Crippen molar-refractivity contribution in [2.75, 3.05) is 50.9 Å². The number of aromatic nitrogens is 2. The fourth-order valence-electron chi connectivity index (χ4n) is 3.36. The highest BCUT2D eigenvalue weighted by Gasteiger charge is 2.24. The van der Waals surface area contributed by atoms with Gasteiger partial charge in [0.15, 0.2) is 0 Å². The van der Waals surface area contributed by atoms with Crippen LogP contribution in [0.1, 0.15) is 12.8 Å². The number of rotatable bonds is 8. The van der Waals surface area contributed by atoms with Crippen molar-refractivity contribution < 1.29 is 9.72 Å². The van der Waals surface area contributed by atoms with Gasteiger partial charge in [0, 0.05) is 30.3 Å². The summed E-state index contributed by atoms with van der Waals surface area (Å²) in [5, 5.41) is 18.1. The molecule has 0 atom stereocenters. The van der Waals surface area contributed by atoms with Crippen LogP contribution < -0.4 is 10.6 Å². The summed E-state index contributed by atoms with van der Waals surface area (Å²) in [6.45, 7) is 2.32. The number of nitro groups is 1. The summed E-state index contributed by atoms with van der Waals surface area (Å²) in [4.78, 5) is 35.1. The SMILES string of the molecule is CN(C)CC(=O)N1CCC(CNc2nc(Nc3ccc(Cl)cc3)ncc2[N+](=O)[O-])CC1. The largest absolute Gasteiger partial charge is 0.364 e. The lowest BCUT2D eigenvalue weighted by Crippen LogP contribution is -2.43. The standard InChI is InChI=1S/C20H26ClN7O3/c1-26(2)13-18(29)27-9-7-14(8-10-27)11-22-19-17(28(30)31)12-23-20(25-19)24-16-5-3-15(21)4-6-16/h3-6,12,14H,7-11,13H2,1-2H3,(H2,22,23,24,25). The quantitative estimate of drug-likeness (QED) is 0.468. The third kappa shape index (κ3) is 6.50. The van der Waals surface area contributed by atoms with Crippen LogP contribution in [0.25, 0.3) is 0 Å². The van der Waals surface area contributed by atoms with Crippen LogP contribution in [0.5, 0.6) is 0 Å². The Bertz CT molecular complexity index is 915. The van der Waals surface area contributed by atoms with Crippen molar-refractivity contribution in [3.05, 3.63) is 45.6 Å². The van der Waals surface area contributed by atoms with E-state index in [9.17, 15) is 14.9 Å². The van der Waals surface area contributed by atoms with Gasteiger partial charge in [-0.05, 0) is 57.1 Å². The van der Waals surface area contributed by atoms with E-state index in [2.05, 4.69) is 20.6 Å². The van der Waals surface area contributed by atoms with Crippen LogP contribution in [-0.2, 0) is 4.79 Å². The predicted octanol–water partition coefficient (Wildman–Crippen LogP) is 2.99. The van der Waals surface area contributed by atoms with Crippen molar-refractivity contribution in [2.45, 2.75) is 12.8 Å². The lowest BCUT2D eigenvalue weighted by molar-refractivity contribution is -0.384. The number of hydrogen-bond acceptors (Lipinski definition) is 8. The number of nitrogens with zero attached hydrogens (tertiary/aromatic N) is 5. The highest BCUT2D eigenvalue weighted by molar-refractivity contribution is 6.30. The minimum atomic E-state index is -0.503. The van der Waals surface area contributed by atoms with Crippen molar-refractivity contribution in [1.82, 2.24) is 19.8 Å². The molecular weight excluding hydrogens is 422 g/mol. The van der Waals surface area contributed by atoms with Crippen molar-refractivity contribution >= 4 is 40.6 Å². The summed E-state index contributed by atoms with van der Waals surface area (Å²) in [6.07, 6.45) is 2.86. The van der Waals surface area contributed by atoms with Gasteiger partial charge < -0.3 is 20.4 Å². The molecule has 3 rings (SSSR count). The van der Waals surface area contributed by atoms with E-state index in [-0.39, 0.29) is 23.4 Å². The van der Waals surface area contributed by atoms with E-state index in [0.717, 1.165) is 18.5 Å². The van der Waals surface area contributed by atoms with Gasteiger partial charge in [-0.2, -0.15) is 4.98 Å². The van der Waals surface area contributed by atoms with Crippen LogP contribution >= 0.6 is 11.6 Å². The molecule has 1 aromatic carbocycles. The second-order valence-corrected chi connectivity index (χ2v) is 8.20. The Morgan fingerprint density at radius 3 is 2.58 bits per heavy atom. The molecule has 0 unspecified atom stereocenters. The lowest BCUT2D eigenvalue weighted by atomic mass is 9.96. The average molecular weight is 448 g/mol. The molecule has 0 radical (unpaired) electrons. The number of likely N-dealkylation sites (N-methyl/N-ethyl adjacent to an activating group) is 1. The van der Waals surface area contributed by atoms with Crippen LogP contribution in [0.4, 0.5) is 23.1 Å². The molecule has 2 N–H and O–H groups in total. The molecule has 1 amide bonds. The van der Waals surface area contributed by atoms with E-state index < -0.39 is 4.92 Å². The van der Waals surface area contributed by atoms with Gasteiger partial charge in [0.2, 0.25) is 17.7 Å². The summed E-state index contributed by atoms with van der Waals surface area (Å²) in [6, 6.07) is 6.99. The summed E-state index contributed by atoms with van der Waals surface area (Å²) in [5.74, 6) is 0.841. The molecule has 11 heteroatoms. The second kappa shape index (κ2) is 10.4. The zero-order valence-corrected chi connectivity index (χ0v) is 18.3. The predicted molar refractivity (Wildman–Crippen MR) is 120 cm³/mol.